The van der Waals surface area contributed by atoms with Crippen molar-refractivity contribution < 1.29 is 0 Å². The molecule has 2 aromatic carbocycles. The monoisotopic (exact) mass is 328 g/mol. The van der Waals surface area contributed by atoms with E-state index < -0.39 is 0 Å². The summed E-state index contributed by atoms with van der Waals surface area (Å²) in [6, 6.07) is 10.9. The zero-order valence-electron chi connectivity index (χ0n) is 11.9. The van der Waals surface area contributed by atoms with Gasteiger partial charge in [-0.05, 0) is 61.2 Å². The molecule has 0 saturated heterocycles. The normalized spacial score (nSPS) is 11.2. The lowest BCUT2D eigenvalue weighted by atomic mass is 10.1. The molecule has 1 aromatic heterocycles. The van der Waals surface area contributed by atoms with E-state index >= 15 is 0 Å². The first-order valence-corrected chi connectivity index (χ1v) is 7.82. The average Bonchev–Trinajstić information content (AvgIpc) is 2.82. The van der Waals surface area contributed by atoms with Gasteiger partial charge < -0.3 is 0 Å². The fraction of sp³-hybridized carbons (Fsp3) is 0.235. The lowest BCUT2D eigenvalue weighted by Crippen LogP contribution is -1.96. The fourth-order valence-corrected chi connectivity index (χ4v) is 2.88. The summed E-state index contributed by atoms with van der Waals surface area (Å²) >= 11 is 3.50. The van der Waals surface area contributed by atoms with Crippen molar-refractivity contribution in [2.75, 3.05) is 0 Å². The van der Waals surface area contributed by atoms with Gasteiger partial charge >= 0.3 is 0 Å². The van der Waals surface area contributed by atoms with Crippen LogP contribution in [0.1, 0.15) is 22.3 Å². The molecule has 0 radical (unpaired) electrons. The molecule has 0 bridgehead atoms. The first kappa shape index (κ1) is 13.4. The van der Waals surface area contributed by atoms with Crippen molar-refractivity contribution in [2.24, 2.45) is 0 Å². The zero-order valence-corrected chi connectivity index (χ0v) is 13.5. The van der Waals surface area contributed by atoms with Crippen LogP contribution in [0.15, 0.2) is 36.7 Å². The third-order valence-corrected chi connectivity index (χ3v) is 4.49. The van der Waals surface area contributed by atoms with Crippen molar-refractivity contribution in [3.8, 4) is 5.69 Å². The molecule has 0 spiro atoms. The Kier molecular flexibility index (Phi) is 3.38. The second-order valence-corrected chi connectivity index (χ2v) is 5.85. The third-order valence-electron chi connectivity index (χ3n) is 3.84. The van der Waals surface area contributed by atoms with E-state index in [1.165, 1.54) is 33.5 Å². The summed E-state index contributed by atoms with van der Waals surface area (Å²) in [6.07, 6.45) is 1.92. The van der Waals surface area contributed by atoms with Crippen LogP contribution in [0.2, 0.25) is 0 Å². The molecule has 2 nitrogen and oxygen atoms in total. The van der Waals surface area contributed by atoms with Crippen LogP contribution in [0, 0.1) is 20.8 Å². The number of fused-ring (bicyclic) bond motifs is 1. The average molecular weight is 329 g/mol. The van der Waals surface area contributed by atoms with E-state index in [1.807, 2.05) is 6.33 Å². The van der Waals surface area contributed by atoms with E-state index in [0.29, 0.717) is 0 Å². The van der Waals surface area contributed by atoms with Crippen LogP contribution >= 0.6 is 15.9 Å². The van der Waals surface area contributed by atoms with Crippen molar-refractivity contribution in [3.63, 3.8) is 0 Å². The smallest absolute Gasteiger partial charge is 0.100 e. The standard InChI is InChI=1S/C17H17BrN2/c1-11-7-15-17(8-12(11)2)20(10-19-15)16-5-4-14(9-18)6-13(16)3/h4-8,10H,9H2,1-3H3. The Labute approximate surface area is 127 Å². The molecular formula is C17H17BrN2. The molecule has 0 amide bonds. The van der Waals surface area contributed by atoms with Crippen molar-refractivity contribution in [1.82, 2.24) is 9.55 Å². The number of imidazole rings is 1. The molecule has 20 heavy (non-hydrogen) atoms. The maximum absolute atomic E-state index is 4.53. The quantitative estimate of drug-likeness (QED) is 0.615. The lowest BCUT2D eigenvalue weighted by Gasteiger charge is -2.10. The summed E-state index contributed by atoms with van der Waals surface area (Å²) in [6.45, 7) is 6.42. The van der Waals surface area contributed by atoms with Gasteiger partial charge in [0.05, 0.1) is 16.7 Å². The fourth-order valence-electron chi connectivity index (χ4n) is 2.53. The van der Waals surface area contributed by atoms with Gasteiger partial charge in [0.25, 0.3) is 0 Å². The summed E-state index contributed by atoms with van der Waals surface area (Å²) < 4.78 is 2.18. The summed E-state index contributed by atoms with van der Waals surface area (Å²) in [5, 5.41) is 0.886. The van der Waals surface area contributed by atoms with Crippen LogP contribution in [-0.2, 0) is 5.33 Å². The van der Waals surface area contributed by atoms with E-state index in [9.17, 15) is 0 Å². The van der Waals surface area contributed by atoms with Crippen LogP contribution in [0.3, 0.4) is 0 Å². The Morgan fingerprint density at radius 3 is 2.45 bits per heavy atom. The number of hydrogen-bond donors (Lipinski definition) is 0. The number of rotatable bonds is 2. The number of halogens is 1. The molecule has 0 fully saturated rings. The van der Waals surface area contributed by atoms with Crippen LogP contribution in [0.4, 0.5) is 0 Å². The highest BCUT2D eigenvalue weighted by Crippen LogP contribution is 2.24. The minimum Gasteiger partial charge on any atom is -0.299 e. The van der Waals surface area contributed by atoms with Gasteiger partial charge in [-0.15, -0.1) is 0 Å². The highest BCUT2D eigenvalue weighted by atomic mass is 79.9. The summed E-state index contributed by atoms with van der Waals surface area (Å²) in [5.41, 5.74) is 8.56. The highest BCUT2D eigenvalue weighted by molar-refractivity contribution is 9.08. The minimum absolute atomic E-state index is 0.886. The van der Waals surface area contributed by atoms with Gasteiger partial charge in [-0.2, -0.15) is 0 Å². The van der Waals surface area contributed by atoms with Gasteiger partial charge in [-0.25, -0.2) is 4.98 Å². The van der Waals surface area contributed by atoms with Crippen LogP contribution < -0.4 is 0 Å². The SMILES string of the molecule is Cc1cc2ncn(-c3ccc(CBr)cc3C)c2cc1C. The number of nitrogens with zero attached hydrogens (tertiary/aromatic N) is 2. The topological polar surface area (TPSA) is 17.8 Å². The van der Waals surface area contributed by atoms with Gasteiger partial charge in [0.1, 0.15) is 6.33 Å². The van der Waals surface area contributed by atoms with E-state index in [-0.39, 0.29) is 0 Å². The molecule has 102 valence electrons. The van der Waals surface area contributed by atoms with Gasteiger partial charge in [-0.1, -0.05) is 28.1 Å². The summed E-state index contributed by atoms with van der Waals surface area (Å²) in [5.74, 6) is 0. The minimum atomic E-state index is 0.886. The van der Waals surface area contributed by atoms with Crippen molar-refractivity contribution in [2.45, 2.75) is 26.1 Å². The molecule has 3 rings (SSSR count). The Hall–Kier alpha value is -1.61. The Bertz CT molecular complexity index is 787. The largest absolute Gasteiger partial charge is 0.299 e. The maximum Gasteiger partial charge on any atom is 0.100 e. The number of alkyl halides is 1. The van der Waals surface area contributed by atoms with Crippen molar-refractivity contribution in [3.05, 3.63) is 58.9 Å². The molecule has 0 unspecified atom stereocenters. The molecule has 0 N–H and O–H groups in total. The Balaban J connectivity index is 2.22. The molecule has 3 heteroatoms. The molecule has 1 heterocycles. The third kappa shape index (κ3) is 2.16. The Morgan fingerprint density at radius 1 is 1.00 bits per heavy atom. The number of aryl methyl sites for hydroxylation is 3. The van der Waals surface area contributed by atoms with Crippen molar-refractivity contribution >= 4 is 27.0 Å². The van der Waals surface area contributed by atoms with Gasteiger partial charge in [0, 0.05) is 5.33 Å². The van der Waals surface area contributed by atoms with E-state index in [0.717, 1.165) is 10.8 Å². The summed E-state index contributed by atoms with van der Waals surface area (Å²) in [4.78, 5) is 4.53. The van der Waals surface area contributed by atoms with E-state index in [4.69, 9.17) is 0 Å². The first-order chi connectivity index (χ1) is 9.60. The van der Waals surface area contributed by atoms with Gasteiger partial charge in [0.2, 0.25) is 0 Å². The van der Waals surface area contributed by atoms with Crippen LogP contribution in [0.5, 0.6) is 0 Å². The number of hydrogen-bond acceptors (Lipinski definition) is 1. The van der Waals surface area contributed by atoms with E-state index in [2.05, 4.69) is 76.6 Å². The molecule has 0 aliphatic heterocycles. The van der Waals surface area contributed by atoms with Gasteiger partial charge in [0.15, 0.2) is 0 Å². The zero-order chi connectivity index (χ0) is 14.3. The molecular weight excluding hydrogens is 312 g/mol. The predicted octanol–water partition coefficient (Wildman–Crippen LogP) is 4.85. The molecule has 0 aliphatic rings. The second kappa shape index (κ2) is 5.06. The second-order valence-electron chi connectivity index (χ2n) is 5.29. The van der Waals surface area contributed by atoms with Crippen LogP contribution in [-0.4, -0.2) is 9.55 Å². The lowest BCUT2D eigenvalue weighted by molar-refractivity contribution is 1.07. The number of benzene rings is 2. The first-order valence-electron chi connectivity index (χ1n) is 6.70. The van der Waals surface area contributed by atoms with Crippen molar-refractivity contribution in [1.29, 1.82) is 0 Å². The predicted molar refractivity (Wildman–Crippen MR) is 87.9 cm³/mol. The highest BCUT2D eigenvalue weighted by Gasteiger charge is 2.09. The van der Waals surface area contributed by atoms with Crippen LogP contribution in [0.25, 0.3) is 16.7 Å². The maximum atomic E-state index is 4.53. The molecule has 3 aromatic rings. The van der Waals surface area contributed by atoms with Gasteiger partial charge in [-0.3, -0.25) is 4.57 Å². The summed E-state index contributed by atoms with van der Waals surface area (Å²) in [7, 11) is 0. The van der Waals surface area contributed by atoms with E-state index in [1.54, 1.807) is 0 Å². The Morgan fingerprint density at radius 2 is 1.75 bits per heavy atom. The number of aromatic nitrogens is 2. The molecule has 0 atom stereocenters. The molecule has 0 saturated carbocycles. The molecule has 0 aliphatic carbocycles.